The zero-order valence-corrected chi connectivity index (χ0v) is 15.6. The number of hydrogen-bond acceptors (Lipinski definition) is 7. The Morgan fingerprint density at radius 3 is 2.63 bits per heavy atom. The fourth-order valence-corrected chi connectivity index (χ4v) is 4.03. The first-order valence-electron chi connectivity index (χ1n) is 8.37. The van der Waals surface area contributed by atoms with E-state index in [0.29, 0.717) is 22.1 Å². The van der Waals surface area contributed by atoms with Crippen LogP contribution >= 0.6 is 11.3 Å². The van der Waals surface area contributed by atoms with Crippen LogP contribution in [0.1, 0.15) is 22.4 Å². The van der Waals surface area contributed by atoms with Crippen LogP contribution in [0.2, 0.25) is 0 Å². The van der Waals surface area contributed by atoms with Crippen LogP contribution in [0.5, 0.6) is 11.5 Å². The Morgan fingerprint density at radius 2 is 1.93 bits per heavy atom. The van der Waals surface area contributed by atoms with Crippen LogP contribution < -0.4 is 14.8 Å². The average molecular weight is 386 g/mol. The molecule has 1 heterocycles. The van der Waals surface area contributed by atoms with Gasteiger partial charge >= 0.3 is 5.97 Å². The van der Waals surface area contributed by atoms with E-state index < -0.39 is 18.5 Å². The minimum absolute atomic E-state index is 0.309. The Hall–Kier alpha value is -3.05. The monoisotopic (exact) mass is 386 g/mol. The van der Waals surface area contributed by atoms with Gasteiger partial charge in [-0.2, -0.15) is 5.26 Å². The van der Waals surface area contributed by atoms with Gasteiger partial charge in [-0.05, 0) is 49.1 Å². The van der Waals surface area contributed by atoms with Gasteiger partial charge in [-0.15, -0.1) is 11.3 Å². The second-order valence-corrected chi connectivity index (χ2v) is 6.95. The topological polar surface area (TPSA) is 97.7 Å². The maximum absolute atomic E-state index is 12.0. The zero-order valence-electron chi connectivity index (χ0n) is 14.7. The molecule has 0 aliphatic heterocycles. The van der Waals surface area contributed by atoms with E-state index in [4.69, 9.17) is 14.2 Å². The number of benzene rings is 1. The number of amides is 1. The van der Waals surface area contributed by atoms with Crippen LogP contribution in [-0.2, 0) is 27.2 Å². The Kier molecular flexibility index (Phi) is 5.94. The van der Waals surface area contributed by atoms with Crippen molar-refractivity contribution in [2.24, 2.45) is 0 Å². The van der Waals surface area contributed by atoms with Crippen molar-refractivity contribution in [1.82, 2.24) is 0 Å². The lowest BCUT2D eigenvalue weighted by atomic mass is 10.1. The number of rotatable bonds is 7. The maximum atomic E-state index is 12.0. The van der Waals surface area contributed by atoms with Crippen LogP contribution in [0, 0.1) is 11.3 Å². The van der Waals surface area contributed by atoms with E-state index in [1.54, 1.807) is 31.4 Å². The second kappa shape index (κ2) is 8.56. The van der Waals surface area contributed by atoms with Crippen LogP contribution in [-0.4, -0.2) is 32.2 Å². The predicted octanol–water partition coefficient (Wildman–Crippen LogP) is 2.68. The number of anilines is 1. The molecule has 8 heteroatoms. The number of nitriles is 1. The Labute approximate surface area is 160 Å². The van der Waals surface area contributed by atoms with Crippen molar-refractivity contribution in [2.75, 3.05) is 25.6 Å². The molecular formula is C19H18N2O5S. The highest BCUT2D eigenvalue weighted by molar-refractivity contribution is 7.16. The molecule has 7 nitrogen and oxygen atoms in total. The summed E-state index contributed by atoms with van der Waals surface area (Å²) in [6, 6.07) is 8.90. The molecule has 1 N–H and O–H groups in total. The van der Waals surface area contributed by atoms with Gasteiger partial charge in [0.2, 0.25) is 0 Å². The van der Waals surface area contributed by atoms with E-state index in [1.165, 1.54) is 11.3 Å². The van der Waals surface area contributed by atoms with Crippen LogP contribution in [0.25, 0.3) is 0 Å². The third kappa shape index (κ3) is 4.57. The molecule has 0 radical (unpaired) electrons. The molecule has 1 aliphatic carbocycles. The van der Waals surface area contributed by atoms with Crippen molar-refractivity contribution < 1.29 is 23.8 Å². The molecule has 2 aromatic rings. The summed E-state index contributed by atoms with van der Waals surface area (Å²) in [5.74, 6) is 0.0289. The third-order valence-electron chi connectivity index (χ3n) is 4.07. The van der Waals surface area contributed by atoms with Gasteiger partial charge in [0.05, 0.1) is 12.7 Å². The number of carbonyl (C=O) groups excluding carboxylic acids is 2. The van der Waals surface area contributed by atoms with E-state index >= 15 is 0 Å². The number of ether oxygens (including phenoxy) is 3. The van der Waals surface area contributed by atoms with Crippen LogP contribution in [0.3, 0.4) is 0 Å². The number of carbonyl (C=O) groups is 2. The second-order valence-electron chi connectivity index (χ2n) is 5.85. The van der Waals surface area contributed by atoms with Crippen molar-refractivity contribution in [3.8, 4) is 17.6 Å². The molecule has 1 aromatic carbocycles. The first-order valence-corrected chi connectivity index (χ1v) is 9.19. The first kappa shape index (κ1) is 18.7. The third-order valence-corrected chi connectivity index (χ3v) is 5.27. The smallest absolute Gasteiger partial charge is 0.344 e. The van der Waals surface area contributed by atoms with Gasteiger partial charge < -0.3 is 19.5 Å². The van der Waals surface area contributed by atoms with Gasteiger partial charge in [-0.1, -0.05) is 0 Å². The number of nitrogens with zero attached hydrogens (tertiary/aromatic N) is 1. The summed E-state index contributed by atoms with van der Waals surface area (Å²) in [5, 5.41) is 12.5. The van der Waals surface area contributed by atoms with E-state index in [-0.39, 0.29) is 6.61 Å². The van der Waals surface area contributed by atoms with Crippen molar-refractivity contribution in [3.05, 3.63) is 40.3 Å². The molecule has 0 unspecified atom stereocenters. The van der Waals surface area contributed by atoms with Gasteiger partial charge in [0.1, 0.15) is 22.6 Å². The summed E-state index contributed by atoms with van der Waals surface area (Å²) >= 11 is 1.42. The Balaban J connectivity index is 1.45. The number of methoxy groups -OCH3 is 1. The predicted molar refractivity (Wildman–Crippen MR) is 99.1 cm³/mol. The SMILES string of the molecule is COc1ccc(OCC(=O)OCC(=O)Nc2sc3c(c2C#N)CCC3)cc1. The van der Waals surface area contributed by atoms with E-state index in [2.05, 4.69) is 11.4 Å². The van der Waals surface area contributed by atoms with Gasteiger partial charge in [-0.3, -0.25) is 4.79 Å². The number of nitrogens with one attached hydrogen (secondary N) is 1. The van der Waals surface area contributed by atoms with Crippen molar-refractivity contribution in [1.29, 1.82) is 5.26 Å². The fraction of sp³-hybridized carbons (Fsp3) is 0.316. The van der Waals surface area contributed by atoms with Crippen LogP contribution in [0.4, 0.5) is 5.00 Å². The first-order chi connectivity index (χ1) is 13.1. The summed E-state index contributed by atoms with van der Waals surface area (Å²) in [6.07, 6.45) is 2.83. The van der Waals surface area contributed by atoms with Gasteiger partial charge in [0.15, 0.2) is 13.2 Å². The number of fused-ring (bicyclic) bond motifs is 1. The highest BCUT2D eigenvalue weighted by Gasteiger charge is 2.23. The molecule has 0 fully saturated rings. The quantitative estimate of drug-likeness (QED) is 0.735. The molecule has 140 valence electrons. The zero-order chi connectivity index (χ0) is 19.2. The lowest BCUT2D eigenvalue weighted by Crippen LogP contribution is -2.23. The molecule has 3 rings (SSSR count). The van der Waals surface area contributed by atoms with Crippen molar-refractivity contribution in [3.63, 3.8) is 0 Å². The van der Waals surface area contributed by atoms with Crippen molar-refractivity contribution >= 4 is 28.2 Å². The molecular weight excluding hydrogens is 368 g/mol. The minimum Gasteiger partial charge on any atom is -0.497 e. The summed E-state index contributed by atoms with van der Waals surface area (Å²) in [7, 11) is 1.56. The number of hydrogen-bond donors (Lipinski definition) is 1. The molecule has 0 spiro atoms. The van der Waals surface area contributed by atoms with E-state index in [9.17, 15) is 14.9 Å². The number of thiophene rings is 1. The molecule has 1 aromatic heterocycles. The maximum Gasteiger partial charge on any atom is 0.344 e. The summed E-state index contributed by atoms with van der Waals surface area (Å²) < 4.78 is 15.2. The standard InChI is InChI=1S/C19H18N2O5S/c1-24-12-5-7-13(8-6-12)25-11-18(23)26-10-17(22)21-19-15(9-20)14-3-2-4-16(14)27-19/h5-8H,2-4,10-11H2,1H3,(H,21,22). The number of esters is 1. The molecule has 0 bridgehead atoms. The molecule has 1 amide bonds. The fourth-order valence-electron chi connectivity index (χ4n) is 2.78. The highest BCUT2D eigenvalue weighted by atomic mass is 32.1. The lowest BCUT2D eigenvalue weighted by Gasteiger charge is -2.08. The summed E-state index contributed by atoms with van der Waals surface area (Å²) in [6.45, 7) is -0.741. The minimum atomic E-state index is -0.657. The Bertz CT molecular complexity index is 883. The average Bonchev–Trinajstić information content (AvgIpc) is 3.25. The van der Waals surface area contributed by atoms with Gasteiger partial charge in [0.25, 0.3) is 5.91 Å². The van der Waals surface area contributed by atoms with Crippen LogP contribution in [0.15, 0.2) is 24.3 Å². The number of aryl methyl sites for hydroxylation is 1. The van der Waals surface area contributed by atoms with Gasteiger partial charge in [0, 0.05) is 4.88 Å². The normalized spacial score (nSPS) is 12.0. The molecule has 27 heavy (non-hydrogen) atoms. The molecule has 1 aliphatic rings. The van der Waals surface area contributed by atoms with E-state index in [1.807, 2.05) is 0 Å². The largest absolute Gasteiger partial charge is 0.497 e. The summed E-state index contributed by atoms with van der Waals surface area (Å²) in [4.78, 5) is 24.9. The summed E-state index contributed by atoms with van der Waals surface area (Å²) in [5.41, 5.74) is 1.55. The molecule has 0 saturated carbocycles. The molecule has 0 atom stereocenters. The van der Waals surface area contributed by atoms with Crippen molar-refractivity contribution in [2.45, 2.75) is 19.3 Å². The lowest BCUT2D eigenvalue weighted by molar-refractivity contribution is -0.149. The van der Waals surface area contributed by atoms with Gasteiger partial charge in [-0.25, -0.2) is 4.79 Å². The molecule has 0 saturated heterocycles. The Morgan fingerprint density at radius 1 is 1.19 bits per heavy atom. The highest BCUT2D eigenvalue weighted by Crippen LogP contribution is 2.38. The van der Waals surface area contributed by atoms with E-state index in [0.717, 1.165) is 29.7 Å².